The maximum absolute atomic E-state index is 10.5. The number of aldehydes is 1. The van der Waals surface area contributed by atoms with Gasteiger partial charge >= 0.3 is 6.09 Å². The molecule has 16 heavy (non-hydrogen) atoms. The van der Waals surface area contributed by atoms with Gasteiger partial charge in [-0.15, -0.1) is 0 Å². The van der Waals surface area contributed by atoms with Crippen LogP contribution in [0, 0.1) is 0 Å². The molecule has 1 rings (SSSR count). The van der Waals surface area contributed by atoms with Crippen LogP contribution in [0.15, 0.2) is 18.2 Å². The predicted octanol–water partition coefficient (Wildman–Crippen LogP) is 1.14. The van der Waals surface area contributed by atoms with Crippen LogP contribution in [0.3, 0.4) is 0 Å². The summed E-state index contributed by atoms with van der Waals surface area (Å²) < 4.78 is 9.93. The summed E-state index contributed by atoms with van der Waals surface area (Å²) in [7, 11) is 3.08. The zero-order valence-electron chi connectivity index (χ0n) is 8.97. The summed E-state index contributed by atoms with van der Waals surface area (Å²) in [5.41, 5.74) is 4.55. The smallest absolute Gasteiger partial charge is 0.402 e. The molecule has 6 heteroatoms. The van der Waals surface area contributed by atoms with E-state index in [2.05, 4.69) is 5.73 Å². The van der Waals surface area contributed by atoms with Crippen LogP contribution in [0.1, 0.15) is 10.4 Å². The van der Waals surface area contributed by atoms with Crippen molar-refractivity contribution in [1.29, 1.82) is 0 Å². The van der Waals surface area contributed by atoms with Crippen LogP contribution in [0.25, 0.3) is 0 Å². The Morgan fingerprint density at radius 3 is 2.31 bits per heavy atom. The molecule has 1 amide bonds. The number of hydrogen-bond donors (Lipinski definition) is 2. The molecule has 0 fully saturated rings. The summed E-state index contributed by atoms with van der Waals surface area (Å²) >= 11 is 0. The Labute approximate surface area is 92.6 Å². The Hall–Kier alpha value is -2.24. The fourth-order valence-electron chi connectivity index (χ4n) is 0.916. The van der Waals surface area contributed by atoms with Gasteiger partial charge in [-0.25, -0.2) is 4.79 Å². The zero-order valence-corrected chi connectivity index (χ0v) is 8.97. The number of ether oxygens (including phenoxy) is 2. The summed E-state index contributed by atoms with van der Waals surface area (Å²) in [5, 5.41) is 7.19. The summed E-state index contributed by atoms with van der Waals surface area (Å²) in [6.07, 6.45) is -0.585. The Morgan fingerprint density at radius 1 is 1.38 bits per heavy atom. The van der Waals surface area contributed by atoms with Crippen molar-refractivity contribution in [1.82, 2.24) is 0 Å². The first kappa shape index (κ1) is 13.8. The molecule has 0 saturated carbocycles. The van der Waals surface area contributed by atoms with E-state index in [-0.39, 0.29) is 0 Å². The first-order chi connectivity index (χ1) is 7.54. The first-order valence-electron chi connectivity index (χ1n) is 4.20. The van der Waals surface area contributed by atoms with E-state index in [1.54, 1.807) is 25.3 Å². The van der Waals surface area contributed by atoms with Gasteiger partial charge in [-0.1, -0.05) is 0 Å². The number of carboxylic acid groups (broad SMARTS) is 1. The van der Waals surface area contributed by atoms with E-state index in [0.29, 0.717) is 17.1 Å². The van der Waals surface area contributed by atoms with Crippen molar-refractivity contribution in [2.24, 2.45) is 5.73 Å². The van der Waals surface area contributed by atoms with E-state index >= 15 is 0 Å². The third kappa shape index (κ3) is 4.85. The van der Waals surface area contributed by atoms with Gasteiger partial charge in [0.1, 0.15) is 11.5 Å². The van der Waals surface area contributed by atoms with E-state index in [9.17, 15) is 4.79 Å². The molecule has 6 nitrogen and oxygen atoms in total. The molecule has 0 saturated heterocycles. The largest absolute Gasteiger partial charge is 0.497 e. The monoisotopic (exact) mass is 227 g/mol. The van der Waals surface area contributed by atoms with Crippen molar-refractivity contribution < 1.29 is 24.2 Å². The van der Waals surface area contributed by atoms with Gasteiger partial charge in [0.25, 0.3) is 0 Å². The van der Waals surface area contributed by atoms with Gasteiger partial charge in [0.15, 0.2) is 6.29 Å². The van der Waals surface area contributed by atoms with Crippen LogP contribution < -0.4 is 15.2 Å². The van der Waals surface area contributed by atoms with Crippen molar-refractivity contribution in [3.63, 3.8) is 0 Å². The van der Waals surface area contributed by atoms with Gasteiger partial charge in [0, 0.05) is 6.07 Å². The molecule has 0 aliphatic carbocycles. The lowest BCUT2D eigenvalue weighted by atomic mass is 10.2. The molecular formula is C10H13NO5. The standard InChI is InChI=1S/C9H10O3.CH3NO2/c1-11-8-4-3-7(6-10)9(5-8)12-2;2-1(3)4/h3-6H,1-2H3;2H2,(H,3,4). The third-order valence-corrected chi connectivity index (χ3v) is 1.57. The summed E-state index contributed by atoms with van der Waals surface area (Å²) in [6.45, 7) is 0. The highest BCUT2D eigenvalue weighted by atomic mass is 16.5. The first-order valence-corrected chi connectivity index (χ1v) is 4.20. The second-order valence-corrected chi connectivity index (χ2v) is 2.56. The maximum Gasteiger partial charge on any atom is 0.402 e. The summed E-state index contributed by atoms with van der Waals surface area (Å²) in [5.74, 6) is 1.21. The van der Waals surface area contributed by atoms with Crippen molar-refractivity contribution >= 4 is 12.4 Å². The summed E-state index contributed by atoms with van der Waals surface area (Å²) in [6, 6.07) is 5.04. The fraction of sp³-hybridized carbons (Fsp3) is 0.200. The number of rotatable bonds is 3. The van der Waals surface area contributed by atoms with Crippen LogP contribution in [-0.4, -0.2) is 31.7 Å². The molecule has 0 radical (unpaired) electrons. The highest BCUT2D eigenvalue weighted by molar-refractivity contribution is 5.79. The fourth-order valence-corrected chi connectivity index (χ4v) is 0.916. The van der Waals surface area contributed by atoms with E-state index in [1.165, 1.54) is 7.11 Å². The molecule has 0 bridgehead atoms. The molecule has 0 aromatic heterocycles. The van der Waals surface area contributed by atoms with Crippen LogP contribution in [0.5, 0.6) is 11.5 Å². The highest BCUT2D eigenvalue weighted by Crippen LogP contribution is 2.22. The van der Waals surface area contributed by atoms with Gasteiger partial charge in [0.05, 0.1) is 19.8 Å². The molecule has 0 spiro atoms. The number of primary amides is 1. The number of carbonyl (C=O) groups is 2. The molecular weight excluding hydrogens is 214 g/mol. The lowest BCUT2D eigenvalue weighted by Gasteiger charge is -2.05. The second kappa shape index (κ2) is 7.10. The number of hydrogen-bond acceptors (Lipinski definition) is 4. The number of amides is 1. The lowest BCUT2D eigenvalue weighted by Crippen LogP contribution is -2.03. The van der Waals surface area contributed by atoms with Crippen LogP contribution in [-0.2, 0) is 0 Å². The average Bonchev–Trinajstić information content (AvgIpc) is 2.27. The number of benzene rings is 1. The van der Waals surface area contributed by atoms with E-state index in [0.717, 1.165) is 6.29 Å². The molecule has 0 aliphatic heterocycles. The molecule has 0 aliphatic rings. The van der Waals surface area contributed by atoms with E-state index in [1.807, 2.05) is 0 Å². The molecule has 3 N–H and O–H groups in total. The van der Waals surface area contributed by atoms with Crippen molar-refractivity contribution in [2.45, 2.75) is 0 Å². The third-order valence-electron chi connectivity index (χ3n) is 1.57. The number of nitrogens with two attached hydrogens (primary N) is 1. The normalized spacial score (nSPS) is 8.38. The van der Waals surface area contributed by atoms with Crippen LogP contribution >= 0.6 is 0 Å². The lowest BCUT2D eigenvalue weighted by molar-refractivity contribution is 0.112. The Kier molecular flexibility index (Phi) is 6.11. The van der Waals surface area contributed by atoms with Gasteiger partial charge in [0.2, 0.25) is 0 Å². The quantitative estimate of drug-likeness (QED) is 0.754. The topological polar surface area (TPSA) is 98.9 Å². The minimum absolute atomic E-state index is 0.526. The minimum Gasteiger partial charge on any atom is -0.497 e. The van der Waals surface area contributed by atoms with Gasteiger partial charge < -0.3 is 20.3 Å². The minimum atomic E-state index is -1.33. The van der Waals surface area contributed by atoms with Gasteiger partial charge in [-0.2, -0.15) is 0 Å². The Bertz CT molecular complexity index is 360. The van der Waals surface area contributed by atoms with Crippen LogP contribution in [0.4, 0.5) is 4.79 Å². The van der Waals surface area contributed by atoms with Crippen LogP contribution in [0.2, 0.25) is 0 Å². The molecule has 1 aromatic rings. The average molecular weight is 227 g/mol. The molecule has 1 aromatic carbocycles. The highest BCUT2D eigenvalue weighted by Gasteiger charge is 2.02. The van der Waals surface area contributed by atoms with E-state index < -0.39 is 6.09 Å². The van der Waals surface area contributed by atoms with Crippen molar-refractivity contribution in [2.75, 3.05) is 14.2 Å². The number of methoxy groups -OCH3 is 2. The van der Waals surface area contributed by atoms with Crippen molar-refractivity contribution in [3.05, 3.63) is 23.8 Å². The van der Waals surface area contributed by atoms with E-state index in [4.69, 9.17) is 19.4 Å². The van der Waals surface area contributed by atoms with Crippen molar-refractivity contribution in [3.8, 4) is 11.5 Å². The molecule has 88 valence electrons. The summed E-state index contributed by atoms with van der Waals surface area (Å²) in [4.78, 5) is 19.2. The molecule has 0 heterocycles. The Balaban J connectivity index is 0.000000487. The number of carbonyl (C=O) groups excluding carboxylic acids is 1. The van der Waals surface area contributed by atoms with Gasteiger partial charge in [-0.3, -0.25) is 4.79 Å². The maximum atomic E-state index is 10.5. The van der Waals surface area contributed by atoms with Gasteiger partial charge in [-0.05, 0) is 12.1 Å². The second-order valence-electron chi connectivity index (χ2n) is 2.56. The molecule has 0 unspecified atom stereocenters. The molecule has 0 atom stereocenters. The Morgan fingerprint density at radius 2 is 1.94 bits per heavy atom. The predicted molar refractivity (Wildman–Crippen MR) is 57.1 cm³/mol. The SMILES string of the molecule is COc1ccc(C=O)c(OC)c1.NC(=O)O. The zero-order chi connectivity index (χ0) is 12.6.